The zero-order chi connectivity index (χ0) is 25.4. The monoisotopic (exact) mass is 479 g/mol. The van der Waals surface area contributed by atoms with E-state index in [4.69, 9.17) is 14.0 Å². The van der Waals surface area contributed by atoms with E-state index in [9.17, 15) is 14.4 Å². The van der Waals surface area contributed by atoms with Crippen LogP contribution in [0.5, 0.6) is 5.75 Å². The lowest BCUT2D eigenvalue weighted by molar-refractivity contribution is -0.119. The van der Waals surface area contributed by atoms with Gasteiger partial charge in [-0.25, -0.2) is 4.79 Å². The molecule has 0 atom stereocenters. The van der Waals surface area contributed by atoms with Gasteiger partial charge >= 0.3 is 5.97 Å². The van der Waals surface area contributed by atoms with Crippen LogP contribution in [0.1, 0.15) is 51.6 Å². The molecule has 3 aromatic rings. The lowest BCUT2D eigenvalue weighted by Gasteiger charge is -2.19. The molecule has 9 nitrogen and oxygen atoms in total. The fourth-order valence-electron chi connectivity index (χ4n) is 3.39. The average Bonchev–Trinajstić information content (AvgIpc) is 3.19. The summed E-state index contributed by atoms with van der Waals surface area (Å²) in [4.78, 5) is 38.8. The van der Waals surface area contributed by atoms with Crippen LogP contribution in [0.3, 0.4) is 0 Å². The van der Waals surface area contributed by atoms with Crippen LogP contribution < -0.4 is 10.1 Å². The Balaban J connectivity index is 1.50. The topological polar surface area (TPSA) is 111 Å². The fraction of sp³-hybridized carbons (Fsp3) is 0.308. The molecule has 0 aliphatic carbocycles. The molecule has 0 fully saturated rings. The minimum absolute atomic E-state index is 0.114. The van der Waals surface area contributed by atoms with Gasteiger partial charge in [-0.3, -0.25) is 9.59 Å². The highest BCUT2D eigenvalue weighted by molar-refractivity contribution is 5.98. The van der Waals surface area contributed by atoms with Crippen molar-refractivity contribution in [3.63, 3.8) is 0 Å². The molecule has 184 valence electrons. The molecular formula is C26H29N3O6. The SMILES string of the molecule is CCN(CC)C(=O)c1cccc(NC(=O)COC(=O)c2ccc(OCc3c(C)noc3C)cc2)c1. The van der Waals surface area contributed by atoms with Crippen molar-refractivity contribution in [1.29, 1.82) is 0 Å². The van der Waals surface area contributed by atoms with Crippen LogP contribution in [0.2, 0.25) is 0 Å². The molecule has 0 radical (unpaired) electrons. The van der Waals surface area contributed by atoms with Crippen LogP contribution in [0.4, 0.5) is 5.69 Å². The molecule has 0 saturated carbocycles. The third-order valence-electron chi connectivity index (χ3n) is 5.43. The lowest BCUT2D eigenvalue weighted by Crippen LogP contribution is -2.30. The maximum absolute atomic E-state index is 12.5. The van der Waals surface area contributed by atoms with Gasteiger partial charge in [0.2, 0.25) is 0 Å². The van der Waals surface area contributed by atoms with Crippen molar-refractivity contribution in [2.75, 3.05) is 25.0 Å². The van der Waals surface area contributed by atoms with Crippen molar-refractivity contribution >= 4 is 23.5 Å². The molecule has 35 heavy (non-hydrogen) atoms. The maximum Gasteiger partial charge on any atom is 0.338 e. The summed E-state index contributed by atoms with van der Waals surface area (Å²) in [6.45, 7) is 8.49. The van der Waals surface area contributed by atoms with Crippen molar-refractivity contribution in [2.45, 2.75) is 34.3 Å². The third kappa shape index (κ3) is 6.69. The number of anilines is 1. The summed E-state index contributed by atoms with van der Waals surface area (Å²) in [5, 5.41) is 6.53. The Bertz CT molecular complexity index is 1160. The number of esters is 1. The van der Waals surface area contributed by atoms with Gasteiger partial charge < -0.3 is 24.2 Å². The van der Waals surface area contributed by atoms with Crippen molar-refractivity contribution in [2.24, 2.45) is 0 Å². The summed E-state index contributed by atoms with van der Waals surface area (Å²) in [7, 11) is 0. The third-order valence-corrected chi connectivity index (χ3v) is 5.43. The highest BCUT2D eigenvalue weighted by Gasteiger charge is 2.15. The Hall–Kier alpha value is -4.14. The van der Waals surface area contributed by atoms with E-state index in [0.717, 1.165) is 11.3 Å². The summed E-state index contributed by atoms with van der Waals surface area (Å²) in [5.74, 6) is 0.00590. The molecule has 1 N–H and O–H groups in total. The Kier molecular flexibility index (Phi) is 8.61. The highest BCUT2D eigenvalue weighted by Crippen LogP contribution is 2.18. The smallest absolute Gasteiger partial charge is 0.338 e. The summed E-state index contributed by atoms with van der Waals surface area (Å²) < 4.78 is 16.0. The number of amides is 2. The first-order valence-corrected chi connectivity index (χ1v) is 11.3. The van der Waals surface area contributed by atoms with E-state index >= 15 is 0 Å². The molecule has 1 aromatic heterocycles. The minimum Gasteiger partial charge on any atom is -0.489 e. The maximum atomic E-state index is 12.5. The van der Waals surface area contributed by atoms with Gasteiger partial charge in [-0.2, -0.15) is 0 Å². The first-order valence-electron chi connectivity index (χ1n) is 11.3. The van der Waals surface area contributed by atoms with Gasteiger partial charge in [0.15, 0.2) is 6.61 Å². The summed E-state index contributed by atoms with van der Waals surface area (Å²) in [5.41, 5.74) is 2.85. The molecule has 0 spiro atoms. The van der Waals surface area contributed by atoms with E-state index in [1.165, 1.54) is 0 Å². The number of hydrogen-bond acceptors (Lipinski definition) is 7. The molecule has 9 heteroatoms. The number of ether oxygens (including phenoxy) is 2. The predicted molar refractivity (Wildman–Crippen MR) is 129 cm³/mol. The highest BCUT2D eigenvalue weighted by atomic mass is 16.5. The summed E-state index contributed by atoms with van der Waals surface area (Å²) in [6.07, 6.45) is 0. The molecule has 0 bridgehead atoms. The van der Waals surface area contributed by atoms with Crippen molar-refractivity contribution in [3.05, 3.63) is 76.7 Å². The molecule has 0 saturated heterocycles. The summed E-state index contributed by atoms with van der Waals surface area (Å²) >= 11 is 0. The largest absolute Gasteiger partial charge is 0.489 e. The average molecular weight is 480 g/mol. The Morgan fingerprint density at radius 2 is 1.71 bits per heavy atom. The van der Waals surface area contributed by atoms with Crippen LogP contribution >= 0.6 is 0 Å². The van der Waals surface area contributed by atoms with Gasteiger partial charge in [0.1, 0.15) is 18.1 Å². The van der Waals surface area contributed by atoms with Gasteiger partial charge in [0, 0.05) is 24.3 Å². The minimum atomic E-state index is -0.636. The number of aryl methyl sites for hydroxylation is 2. The number of hydrogen-bond donors (Lipinski definition) is 1. The van der Waals surface area contributed by atoms with Gasteiger partial charge in [-0.05, 0) is 70.2 Å². The zero-order valence-corrected chi connectivity index (χ0v) is 20.3. The summed E-state index contributed by atoms with van der Waals surface area (Å²) in [6, 6.07) is 13.1. The Labute approximate surface area is 204 Å². The van der Waals surface area contributed by atoms with Crippen molar-refractivity contribution < 1.29 is 28.4 Å². The number of rotatable bonds is 10. The van der Waals surface area contributed by atoms with E-state index in [1.807, 2.05) is 27.7 Å². The molecular weight excluding hydrogens is 450 g/mol. The lowest BCUT2D eigenvalue weighted by atomic mass is 10.1. The van der Waals surface area contributed by atoms with E-state index in [0.29, 0.717) is 42.5 Å². The van der Waals surface area contributed by atoms with E-state index in [1.54, 1.807) is 53.4 Å². The first kappa shape index (κ1) is 25.5. The fourth-order valence-corrected chi connectivity index (χ4v) is 3.39. The second kappa shape index (κ2) is 11.8. The normalized spacial score (nSPS) is 10.5. The molecule has 3 rings (SSSR count). The standard InChI is InChI=1S/C26H29N3O6/c1-5-29(6-2)25(31)20-8-7-9-21(14-20)27-24(30)16-34-26(32)19-10-12-22(13-11-19)33-15-23-17(3)28-35-18(23)4/h7-14H,5-6,15-16H2,1-4H3,(H,27,30). The van der Waals surface area contributed by atoms with Crippen LogP contribution in [-0.4, -0.2) is 47.5 Å². The van der Waals surface area contributed by atoms with E-state index < -0.39 is 18.5 Å². The number of carbonyl (C=O) groups excluding carboxylic acids is 3. The number of aromatic nitrogens is 1. The zero-order valence-electron chi connectivity index (χ0n) is 20.3. The molecule has 0 aliphatic heterocycles. The van der Waals surface area contributed by atoms with E-state index in [-0.39, 0.29) is 11.5 Å². The van der Waals surface area contributed by atoms with Crippen molar-refractivity contribution in [1.82, 2.24) is 10.1 Å². The van der Waals surface area contributed by atoms with E-state index in [2.05, 4.69) is 10.5 Å². The molecule has 2 aromatic carbocycles. The van der Waals surface area contributed by atoms with Gasteiger partial charge in [-0.1, -0.05) is 11.2 Å². The molecule has 2 amide bonds. The second-order valence-corrected chi connectivity index (χ2v) is 7.80. The van der Waals surface area contributed by atoms with Gasteiger partial charge in [0.25, 0.3) is 11.8 Å². The quantitative estimate of drug-likeness (QED) is 0.435. The number of carbonyl (C=O) groups is 3. The number of benzene rings is 2. The van der Waals surface area contributed by atoms with Gasteiger partial charge in [-0.15, -0.1) is 0 Å². The molecule has 0 aliphatic rings. The second-order valence-electron chi connectivity index (χ2n) is 7.80. The number of nitrogens with zero attached hydrogens (tertiary/aromatic N) is 2. The molecule has 1 heterocycles. The van der Waals surface area contributed by atoms with Crippen LogP contribution in [0, 0.1) is 13.8 Å². The van der Waals surface area contributed by atoms with Crippen LogP contribution in [-0.2, 0) is 16.1 Å². The molecule has 0 unspecified atom stereocenters. The van der Waals surface area contributed by atoms with Crippen LogP contribution in [0.25, 0.3) is 0 Å². The van der Waals surface area contributed by atoms with Gasteiger partial charge in [0.05, 0.1) is 16.8 Å². The number of nitrogens with one attached hydrogen (secondary N) is 1. The van der Waals surface area contributed by atoms with Crippen molar-refractivity contribution in [3.8, 4) is 5.75 Å². The first-order chi connectivity index (χ1) is 16.8. The Morgan fingerprint density at radius 3 is 2.34 bits per heavy atom. The van der Waals surface area contributed by atoms with Crippen LogP contribution in [0.15, 0.2) is 53.1 Å². The Morgan fingerprint density at radius 1 is 1.00 bits per heavy atom. The predicted octanol–water partition coefficient (Wildman–Crippen LogP) is 4.15.